The lowest BCUT2D eigenvalue weighted by molar-refractivity contribution is 0.122. The van der Waals surface area contributed by atoms with Crippen molar-refractivity contribution in [1.82, 2.24) is 14.5 Å². The summed E-state index contributed by atoms with van der Waals surface area (Å²) in [6, 6.07) is 2.56. The summed E-state index contributed by atoms with van der Waals surface area (Å²) in [5.74, 6) is -1.49. The highest BCUT2D eigenvalue weighted by atomic mass is 19.2. The van der Waals surface area contributed by atoms with E-state index in [1.54, 1.807) is 4.57 Å². The van der Waals surface area contributed by atoms with E-state index in [2.05, 4.69) is 23.9 Å². The second-order valence-corrected chi connectivity index (χ2v) is 6.40. The van der Waals surface area contributed by atoms with E-state index in [0.717, 1.165) is 32.0 Å². The molecule has 1 aliphatic rings. The van der Waals surface area contributed by atoms with Gasteiger partial charge in [-0.05, 0) is 50.5 Å². The van der Waals surface area contributed by atoms with Gasteiger partial charge in [0, 0.05) is 6.54 Å². The normalized spacial score (nSPS) is 19.2. The van der Waals surface area contributed by atoms with E-state index in [1.807, 2.05) is 0 Å². The molecule has 0 amide bonds. The van der Waals surface area contributed by atoms with E-state index in [0.29, 0.717) is 12.1 Å². The highest BCUT2D eigenvalue weighted by Gasteiger charge is 2.31. The van der Waals surface area contributed by atoms with E-state index in [4.69, 9.17) is 5.73 Å². The number of fused-ring (bicyclic) bond motifs is 1. The van der Waals surface area contributed by atoms with Gasteiger partial charge in [-0.3, -0.25) is 0 Å². The van der Waals surface area contributed by atoms with Gasteiger partial charge in [0.1, 0.15) is 5.52 Å². The van der Waals surface area contributed by atoms with Crippen molar-refractivity contribution in [1.29, 1.82) is 0 Å². The number of imidazole rings is 1. The molecule has 0 bridgehead atoms. The van der Waals surface area contributed by atoms with Crippen LogP contribution in [-0.2, 0) is 6.54 Å². The smallest absolute Gasteiger partial charge is 0.201 e. The molecule has 114 valence electrons. The summed E-state index contributed by atoms with van der Waals surface area (Å²) in [4.78, 5) is 6.43. The third-order valence-electron chi connectivity index (χ3n) is 4.56. The van der Waals surface area contributed by atoms with Crippen LogP contribution in [0.1, 0.15) is 19.8 Å². The Bertz CT molecular complexity index is 672. The SMILES string of the molecule is CN1CCC(C)(Cn2c(N)nc3ccc(F)c(F)c32)CC1. The van der Waals surface area contributed by atoms with Crippen LogP contribution in [0.5, 0.6) is 0 Å². The lowest BCUT2D eigenvalue weighted by Gasteiger charge is -2.38. The minimum atomic E-state index is -0.867. The average molecular weight is 294 g/mol. The van der Waals surface area contributed by atoms with Crippen molar-refractivity contribution in [3.8, 4) is 0 Å². The van der Waals surface area contributed by atoms with Gasteiger partial charge in [-0.1, -0.05) is 6.92 Å². The van der Waals surface area contributed by atoms with Crippen LogP contribution in [0, 0.1) is 17.0 Å². The van der Waals surface area contributed by atoms with Gasteiger partial charge in [-0.25, -0.2) is 13.8 Å². The van der Waals surface area contributed by atoms with Crippen molar-refractivity contribution in [3.63, 3.8) is 0 Å². The summed E-state index contributed by atoms with van der Waals surface area (Å²) in [5.41, 5.74) is 6.53. The number of anilines is 1. The van der Waals surface area contributed by atoms with Crippen LogP contribution in [-0.4, -0.2) is 34.6 Å². The molecule has 1 aromatic carbocycles. The van der Waals surface area contributed by atoms with Crippen LogP contribution < -0.4 is 5.73 Å². The maximum Gasteiger partial charge on any atom is 0.201 e. The second kappa shape index (κ2) is 4.94. The maximum absolute atomic E-state index is 14.1. The molecule has 2 aromatic rings. The zero-order chi connectivity index (χ0) is 15.2. The fraction of sp³-hybridized carbons (Fsp3) is 0.533. The van der Waals surface area contributed by atoms with Crippen molar-refractivity contribution >= 4 is 17.0 Å². The van der Waals surface area contributed by atoms with Crippen LogP contribution in [0.3, 0.4) is 0 Å². The van der Waals surface area contributed by atoms with E-state index in [9.17, 15) is 8.78 Å². The molecular weight excluding hydrogens is 274 g/mol. The van der Waals surface area contributed by atoms with Gasteiger partial charge >= 0.3 is 0 Å². The fourth-order valence-electron chi connectivity index (χ4n) is 3.03. The number of hydrogen-bond donors (Lipinski definition) is 1. The maximum atomic E-state index is 14.1. The first-order valence-electron chi connectivity index (χ1n) is 7.18. The van der Waals surface area contributed by atoms with Crippen LogP contribution >= 0.6 is 0 Å². The summed E-state index contributed by atoms with van der Waals surface area (Å²) < 4.78 is 29.2. The summed E-state index contributed by atoms with van der Waals surface area (Å²) in [6.45, 7) is 4.73. The molecule has 21 heavy (non-hydrogen) atoms. The highest BCUT2D eigenvalue weighted by Crippen LogP contribution is 2.35. The molecule has 6 heteroatoms. The van der Waals surface area contributed by atoms with Gasteiger partial charge in [0.2, 0.25) is 5.95 Å². The quantitative estimate of drug-likeness (QED) is 0.926. The summed E-state index contributed by atoms with van der Waals surface area (Å²) in [5, 5.41) is 0. The van der Waals surface area contributed by atoms with E-state index < -0.39 is 11.6 Å². The Hall–Kier alpha value is -1.69. The fourth-order valence-corrected chi connectivity index (χ4v) is 3.03. The van der Waals surface area contributed by atoms with Crippen molar-refractivity contribution < 1.29 is 8.78 Å². The zero-order valence-electron chi connectivity index (χ0n) is 12.4. The standard InChI is InChI=1S/C15H20F2N4/c1-15(5-7-20(2)8-6-15)9-21-13-11(19-14(21)18)4-3-10(16)12(13)17/h3-4H,5-9H2,1-2H3,(H2,18,19). The molecule has 4 nitrogen and oxygen atoms in total. The Morgan fingerprint density at radius 3 is 2.62 bits per heavy atom. The largest absolute Gasteiger partial charge is 0.369 e. The number of nitrogen functional groups attached to an aromatic ring is 1. The number of aromatic nitrogens is 2. The predicted molar refractivity (Wildman–Crippen MR) is 78.9 cm³/mol. The molecule has 0 radical (unpaired) electrons. The third-order valence-corrected chi connectivity index (χ3v) is 4.56. The Morgan fingerprint density at radius 2 is 1.95 bits per heavy atom. The number of hydrogen-bond acceptors (Lipinski definition) is 3. The predicted octanol–water partition coefficient (Wildman–Crippen LogP) is 2.63. The number of likely N-dealkylation sites (tertiary alicyclic amines) is 1. The Morgan fingerprint density at radius 1 is 1.29 bits per heavy atom. The Balaban J connectivity index is 2.00. The average Bonchev–Trinajstić information content (AvgIpc) is 2.75. The zero-order valence-corrected chi connectivity index (χ0v) is 12.4. The molecule has 0 atom stereocenters. The van der Waals surface area contributed by atoms with E-state index >= 15 is 0 Å². The first kappa shape index (κ1) is 14.3. The monoisotopic (exact) mass is 294 g/mol. The molecule has 3 rings (SSSR count). The Kier molecular flexibility index (Phi) is 3.36. The number of nitrogens with zero attached hydrogens (tertiary/aromatic N) is 3. The minimum absolute atomic E-state index is 0.0209. The molecule has 2 N–H and O–H groups in total. The molecule has 0 saturated carbocycles. The van der Waals surface area contributed by atoms with Crippen LogP contribution in [0.15, 0.2) is 12.1 Å². The van der Waals surface area contributed by atoms with Crippen molar-refractivity contribution in [3.05, 3.63) is 23.8 Å². The van der Waals surface area contributed by atoms with Crippen LogP contribution in [0.4, 0.5) is 14.7 Å². The van der Waals surface area contributed by atoms with Gasteiger partial charge < -0.3 is 15.2 Å². The van der Waals surface area contributed by atoms with Crippen molar-refractivity contribution in [2.24, 2.45) is 5.41 Å². The van der Waals surface area contributed by atoms with Gasteiger partial charge in [-0.2, -0.15) is 0 Å². The molecule has 0 unspecified atom stereocenters. The number of rotatable bonds is 2. The third kappa shape index (κ3) is 2.48. The molecular formula is C15H20F2N4. The lowest BCUT2D eigenvalue weighted by Crippen LogP contribution is -2.38. The van der Waals surface area contributed by atoms with Crippen molar-refractivity contribution in [2.45, 2.75) is 26.3 Å². The minimum Gasteiger partial charge on any atom is -0.369 e. The van der Waals surface area contributed by atoms with Gasteiger partial charge in [0.25, 0.3) is 0 Å². The van der Waals surface area contributed by atoms with E-state index in [-0.39, 0.29) is 16.9 Å². The molecule has 1 fully saturated rings. The van der Waals surface area contributed by atoms with Crippen LogP contribution in [0.2, 0.25) is 0 Å². The molecule has 1 aromatic heterocycles. The lowest BCUT2D eigenvalue weighted by atomic mass is 9.80. The van der Waals surface area contributed by atoms with E-state index in [1.165, 1.54) is 6.07 Å². The van der Waals surface area contributed by atoms with Crippen LogP contribution in [0.25, 0.3) is 11.0 Å². The molecule has 2 heterocycles. The molecule has 0 aliphatic carbocycles. The first-order valence-corrected chi connectivity index (χ1v) is 7.18. The molecule has 1 aliphatic heterocycles. The summed E-state index contributed by atoms with van der Waals surface area (Å²) >= 11 is 0. The first-order chi connectivity index (χ1) is 9.89. The number of halogens is 2. The highest BCUT2D eigenvalue weighted by molar-refractivity contribution is 5.79. The van der Waals surface area contributed by atoms with Gasteiger partial charge in [0.15, 0.2) is 11.6 Å². The molecule has 0 spiro atoms. The second-order valence-electron chi connectivity index (χ2n) is 6.40. The van der Waals surface area contributed by atoms with Gasteiger partial charge in [-0.15, -0.1) is 0 Å². The summed E-state index contributed by atoms with van der Waals surface area (Å²) in [7, 11) is 2.09. The molecule has 1 saturated heterocycles. The van der Waals surface area contributed by atoms with Gasteiger partial charge in [0.05, 0.1) is 5.52 Å². The van der Waals surface area contributed by atoms with Crippen molar-refractivity contribution in [2.75, 3.05) is 25.9 Å². The Labute approximate surface area is 122 Å². The number of benzene rings is 1. The number of nitrogens with two attached hydrogens (primary N) is 1. The summed E-state index contributed by atoms with van der Waals surface area (Å²) in [6.07, 6.45) is 2.00. The topological polar surface area (TPSA) is 47.1 Å². The number of piperidine rings is 1.